The third kappa shape index (κ3) is 5.07. The average molecular weight is 394 g/mol. The molecule has 2 aromatic carbocycles. The molecule has 0 saturated heterocycles. The average Bonchev–Trinajstić information content (AvgIpc) is 3.06. The quantitative estimate of drug-likeness (QED) is 0.638. The van der Waals surface area contributed by atoms with Gasteiger partial charge in [-0.1, -0.05) is 12.1 Å². The zero-order valence-electron chi connectivity index (χ0n) is 17.2. The Labute approximate surface area is 170 Å². The van der Waals surface area contributed by atoms with E-state index in [4.69, 9.17) is 9.47 Å². The van der Waals surface area contributed by atoms with E-state index in [-0.39, 0.29) is 6.03 Å². The molecule has 152 valence electrons. The molecule has 7 nitrogen and oxygen atoms in total. The van der Waals surface area contributed by atoms with Crippen molar-refractivity contribution in [3.05, 3.63) is 65.5 Å². The zero-order valence-corrected chi connectivity index (χ0v) is 17.2. The maximum Gasteiger partial charge on any atom is 0.319 e. The van der Waals surface area contributed by atoms with Gasteiger partial charge in [-0.2, -0.15) is 5.10 Å². The van der Waals surface area contributed by atoms with E-state index < -0.39 is 0 Å². The summed E-state index contributed by atoms with van der Waals surface area (Å²) in [7, 11) is 3.21. The smallest absolute Gasteiger partial charge is 0.319 e. The molecule has 29 heavy (non-hydrogen) atoms. The first-order valence-corrected chi connectivity index (χ1v) is 9.39. The van der Waals surface area contributed by atoms with Gasteiger partial charge in [-0.25, -0.2) is 9.48 Å². The Morgan fingerprint density at radius 2 is 1.83 bits per heavy atom. The van der Waals surface area contributed by atoms with Crippen LogP contribution in [0.2, 0.25) is 0 Å². The zero-order chi connectivity index (χ0) is 20.8. The molecular formula is C22H26N4O3. The molecular weight excluding hydrogens is 368 g/mol. The van der Waals surface area contributed by atoms with Crippen molar-refractivity contribution in [2.24, 2.45) is 0 Å². The van der Waals surface area contributed by atoms with Gasteiger partial charge in [0, 0.05) is 17.9 Å². The molecule has 1 heterocycles. The summed E-state index contributed by atoms with van der Waals surface area (Å²) >= 11 is 0. The highest BCUT2D eigenvalue weighted by molar-refractivity contribution is 5.89. The summed E-state index contributed by atoms with van der Waals surface area (Å²) in [4.78, 5) is 12.3. The minimum Gasteiger partial charge on any atom is -0.493 e. The third-order valence-corrected chi connectivity index (χ3v) is 4.51. The molecule has 0 unspecified atom stereocenters. The molecule has 0 fully saturated rings. The van der Waals surface area contributed by atoms with E-state index in [1.807, 2.05) is 67.1 Å². The summed E-state index contributed by atoms with van der Waals surface area (Å²) in [5.74, 6) is 1.36. The van der Waals surface area contributed by atoms with E-state index in [1.54, 1.807) is 14.2 Å². The second-order valence-corrected chi connectivity index (χ2v) is 6.71. The number of hydrogen-bond donors (Lipinski definition) is 2. The molecule has 2 amide bonds. The van der Waals surface area contributed by atoms with Crippen LogP contribution in [0.25, 0.3) is 5.69 Å². The molecule has 0 bridgehead atoms. The van der Waals surface area contributed by atoms with Crippen molar-refractivity contribution in [3.8, 4) is 17.2 Å². The van der Waals surface area contributed by atoms with Crippen LogP contribution in [-0.4, -0.2) is 36.6 Å². The van der Waals surface area contributed by atoms with Crippen molar-refractivity contribution < 1.29 is 14.3 Å². The van der Waals surface area contributed by atoms with Gasteiger partial charge in [0.15, 0.2) is 11.5 Å². The van der Waals surface area contributed by atoms with Gasteiger partial charge in [-0.15, -0.1) is 0 Å². The van der Waals surface area contributed by atoms with Gasteiger partial charge in [-0.3, -0.25) is 0 Å². The van der Waals surface area contributed by atoms with Crippen LogP contribution in [0, 0.1) is 13.8 Å². The van der Waals surface area contributed by atoms with Gasteiger partial charge in [0.05, 0.1) is 25.6 Å². The van der Waals surface area contributed by atoms with E-state index >= 15 is 0 Å². The molecule has 7 heteroatoms. The van der Waals surface area contributed by atoms with Gasteiger partial charge >= 0.3 is 6.03 Å². The predicted octanol–water partition coefficient (Wildman–Crippen LogP) is 3.87. The number of nitrogens with one attached hydrogen (secondary N) is 2. The number of anilines is 1. The van der Waals surface area contributed by atoms with Crippen molar-refractivity contribution in [2.75, 3.05) is 26.1 Å². The lowest BCUT2D eigenvalue weighted by molar-refractivity contribution is 0.252. The summed E-state index contributed by atoms with van der Waals surface area (Å²) < 4.78 is 12.4. The van der Waals surface area contributed by atoms with Crippen LogP contribution in [0.3, 0.4) is 0 Å². The number of aromatic nitrogens is 2. The molecule has 3 rings (SSSR count). The first-order valence-electron chi connectivity index (χ1n) is 9.39. The number of amides is 2. The summed E-state index contributed by atoms with van der Waals surface area (Å²) in [6.45, 7) is 4.46. The molecule has 0 atom stereocenters. The number of carbonyl (C=O) groups excluding carboxylic acids is 1. The van der Waals surface area contributed by atoms with E-state index in [2.05, 4.69) is 15.7 Å². The lowest BCUT2D eigenvalue weighted by atomic mass is 10.1. The van der Waals surface area contributed by atoms with Crippen molar-refractivity contribution in [1.82, 2.24) is 15.1 Å². The lowest BCUT2D eigenvalue weighted by Crippen LogP contribution is -2.30. The predicted molar refractivity (Wildman–Crippen MR) is 113 cm³/mol. The molecule has 0 aliphatic rings. The Balaban J connectivity index is 1.56. The van der Waals surface area contributed by atoms with E-state index in [9.17, 15) is 4.79 Å². The van der Waals surface area contributed by atoms with Crippen LogP contribution in [0.5, 0.6) is 11.5 Å². The van der Waals surface area contributed by atoms with Crippen LogP contribution in [-0.2, 0) is 6.42 Å². The minimum atomic E-state index is -0.254. The Kier molecular flexibility index (Phi) is 6.39. The second kappa shape index (κ2) is 9.14. The summed E-state index contributed by atoms with van der Waals surface area (Å²) in [5.41, 5.74) is 4.65. The number of urea groups is 1. The maximum atomic E-state index is 12.3. The Morgan fingerprint density at radius 1 is 1.03 bits per heavy atom. The molecule has 0 spiro atoms. The largest absolute Gasteiger partial charge is 0.493 e. The number of hydrogen-bond acceptors (Lipinski definition) is 4. The number of methoxy groups -OCH3 is 2. The van der Waals surface area contributed by atoms with Crippen LogP contribution >= 0.6 is 0 Å². The highest BCUT2D eigenvalue weighted by Gasteiger charge is 2.08. The highest BCUT2D eigenvalue weighted by Crippen LogP contribution is 2.27. The molecule has 0 aliphatic carbocycles. The van der Waals surface area contributed by atoms with E-state index in [0.717, 1.165) is 22.6 Å². The first-order chi connectivity index (χ1) is 14.0. The number of benzene rings is 2. The van der Waals surface area contributed by atoms with Crippen LogP contribution < -0.4 is 20.1 Å². The topological polar surface area (TPSA) is 77.4 Å². The summed E-state index contributed by atoms with van der Waals surface area (Å²) in [6.07, 6.45) is 0.680. The Morgan fingerprint density at radius 3 is 2.52 bits per heavy atom. The fraction of sp³-hybridized carbons (Fsp3) is 0.273. The van der Waals surface area contributed by atoms with Gasteiger partial charge in [-0.05, 0) is 62.2 Å². The lowest BCUT2D eigenvalue weighted by Gasteiger charge is -2.11. The number of ether oxygens (including phenoxy) is 2. The second-order valence-electron chi connectivity index (χ2n) is 6.71. The summed E-state index contributed by atoms with van der Waals surface area (Å²) in [5, 5.41) is 10.2. The maximum absolute atomic E-state index is 12.3. The van der Waals surface area contributed by atoms with Gasteiger partial charge in [0.25, 0.3) is 0 Å². The molecule has 2 N–H and O–H groups in total. The SMILES string of the molecule is COc1ccc(CCNC(=O)Nc2cccc(-n3nc(C)cc3C)c2)cc1OC. The van der Waals surface area contributed by atoms with Crippen molar-refractivity contribution in [3.63, 3.8) is 0 Å². The standard InChI is InChI=1S/C22H26N4O3/c1-15-12-16(2)26(25-15)19-7-5-6-18(14-19)24-22(27)23-11-10-17-8-9-20(28-3)21(13-17)29-4/h5-9,12-14H,10-11H2,1-4H3,(H2,23,24,27). The molecule has 0 aliphatic heterocycles. The van der Waals surface area contributed by atoms with Crippen molar-refractivity contribution >= 4 is 11.7 Å². The number of nitrogens with zero attached hydrogens (tertiary/aromatic N) is 2. The molecule has 0 saturated carbocycles. The van der Waals surface area contributed by atoms with Crippen LogP contribution in [0.4, 0.5) is 10.5 Å². The van der Waals surface area contributed by atoms with Gasteiger partial charge in [0.1, 0.15) is 0 Å². The van der Waals surface area contributed by atoms with Crippen molar-refractivity contribution in [2.45, 2.75) is 20.3 Å². The van der Waals surface area contributed by atoms with Gasteiger partial charge < -0.3 is 20.1 Å². The van der Waals surface area contributed by atoms with Crippen LogP contribution in [0.15, 0.2) is 48.5 Å². The fourth-order valence-electron chi connectivity index (χ4n) is 3.14. The summed E-state index contributed by atoms with van der Waals surface area (Å²) in [6, 6.07) is 15.1. The molecule has 1 aromatic heterocycles. The highest BCUT2D eigenvalue weighted by atomic mass is 16.5. The van der Waals surface area contributed by atoms with Crippen LogP contribution in [0.1, 0.15) is 17.0 Å². The monoisotopic (exact) mass is 394 g/mol. The first kappa shape index (κ1) is 20.3. The number of aryl methyl sites for hydroxylation is 2. The number of rotatable bonds is 7. The van der Waals surface area contributed by atoms with Crippen molar-refractivity contribution in [1.29, 1.82) is 0 Å². The minimum absolute atomic E-state index is 0.254. The molecule has 3 aromatic rings. The third-order valence-electron chi connectivity index (χ3n) is 4.51. The number of carbonyl (C=O) groups is 1. The Hall–Kier alpha value is -3.48. The Bertz CT molecular complexity index is 997. The van der Waals surface area contributed by atoms with E-state index in [1.165, 1.54) is 0 Å². The normalized spacial score (nSPS) is 10.5. The molecule has 0 radical (unpaired) electrons. The fourth-order valence-corrected chi connectivity index (χ4v) is 3.14. The van der Waals surface area contributed by atoms with E-state index in [0.29, 0.717) is 30.2 Å². The van der Waals surface area contributed by atoms with Gasteiger partial charge in [0.2, 0.25) is 0 Å².